The molecule has 1 fully saturated rings. The quantitative estimate of drug-likeness (QED) is 0.487. The molecule has 0 aliphatic heterocycles. The maximum atomic E-state index is 14.6. The summed E-state index contributed by atoms with van der Waals surface area (Å²) < 4.78 is 72.8. The number of aromatic nitrogens is 2. The second-order valence-corrected chi connectivity index (χ2v) is 12.6. The molecule has 14 heteroatoms. The van der Waals surface area contributed by atoms with Crippen LogP contribution in [-0.4, -0.2) is 51.4 Å². The zero-order chi connectivity index (χ0) is 26.0. The molecule has 0 bridgehead atoms. The molecular formula is C21H27FN4O7S2. The standard InChI is InChI=1S/C21H27FN4O7S2/c1-21(2,3)33-20(27)26-35(30,31)16-5-6-18(17(22)9-16)25-19-23-10-15(11-24-19)14-7-13(8-14)12-32-34(4,28)29/h5-6,9-11,13-14H,7-8,12H2,1-4H3,(H,26,27)(H,23,24,25). The number of nitrogens with one attached hydrogen (secondary N) is 2. The van der Waals surface area contributed by atoms with Crippen LogP contribution in [0.1, 0.15) is 45.1 Å². The van der Waals surface area contributed by atoms with Crippen molar-refractivity contribution in [2.75, 3.05) is 18.2 Å². The van der Waals surface area contributed by atoms with E-state index in [4.69, 9.17) is 8.92 Å². The third-order valence-electron chi connectivity index (χ3n) is 5.01. The van der Waals surface area contributed by atoms with E-state index < -0.39 is 42.5 Å². The maximum Gasteiger partial charge on any atom is 0.421 e. The largest absolute Gasteiger partial charge is 0.443 e. The highest BCUT2D eigenvalue weighted by molar-refractivity contribution is 7.90. The van der Waals surface area contributed by atoms with Gasteiger partial charge < -0.3 is 10.1 Å². The first kappa shape index (κ1) is 26.8. The van der Waals surface area contributed by atoms with Crippen molar-refractivity contribution < 1.29 is 34.9 Å². The summed E-state index contributed by atoms with van der Waals surface area (Å²) in [5, 5.41) is 2.68. The molecule has 1 aromatic carbocycles. The normalized spacial score (nSPS) is 18.4. The average Bonchev–Trinajstić information content (AvgIpc) is 2.66. The van der Waals surface area contributed by atoms with Crippen molar-refractivity contribution in [2.24, 2.45) is 5.92 Å². The number of carbonyl (C=O) groups excluding carboxylic acids is 1. The first-order chi connectivity index (χ1) is 16.1. The number of carbonyl (C=O) groups is 1. The Labute approximate surface area is 203 Å². The summed E-state index contributed by atoms with van der Waals surface area (Å²) in [6.45, 7) is 4.88. The summed E-state index contributed by atoms with van der Waals surface area (Å²) in [6, 6.07) is 3.07. The van der Waals surface area contributed by atoms with Gasteiger partial charge in [0, 0.05) is 12.4 Å². The average molecular weight is 531 g/mol. The molecular weight excluding hydrogens is 503 g/mol. The van der Waals surface area contributed by atoms with Crippen LogP contribution in [0.3, 0.4) is 0 Å². The molecule has 2 aromatic rings. The van der Waals surface area contributed by atoms with Crippen molar-refractivity contribution in [3.05, 3.63) is 42.0 Å². The number of sulfonamides is 1. The summed E-state index contributed by atoms with van der Waals surface area (Å²) in [4.78, 5) is 19.6. The Bertz CT molecular complexity index is 1290. The minimum Gasteiger partial charge on any atom is -0.443 e. The molecule has 0 spiro atoms. The lowest BCUT2D eigenvalue weighted by molar-refractivity contribution is 0.0570. The van der Waals surface area contributed by atoms with Gasteiger partial charge in [0.25, 0.3) is 20.1 Å². The lowest BCUT2D eigenvalue weighted by atomic mass is 9.72. The smallest absolute Gasteiger partial charge is 0.421 e. The molecule has 1 heterocycles. The van der Waals surface area contributed by atoms with E-state index in [0.717, 1.165) is 36.8 Å². The SMILES string of the molecule is CC(C)(C)OC(=O)NS(=O)(=O)c1ccc(Nc2ncc(C3CC(COS(C)(=O)=O)C3)cn2)c(F)c1. The monoisotopic (exact) mass is 530 g/mol. The zero-order valence-corrected chi connectivity index (χ0v) is 21.2. The molecule has 0 unspecified atom stereocenters. The number of nitrogens with zero attached hydrogens (tertiary/aromatic N) is 2. The van der Waals surface area contributed by atoms with Crippen molar-refractivity contribution in [3.8, 4) is 0 Å². The number of ether oxygens (including phenoxy) is 1. The van der Waals surface area contributed by atoms with Crippen LogP contribution < -0.4 is 10.0 Å². The fourth-order valence-electron chi connectivity index (χ4n) is 3.33. The van der Waals surface area contributed by atoms with Crippen LogP contribution in [-0.2, 0) is 29.1 Å². The first-order valence-corrected chi connectivity index (χ1v) is 13.9. The van der Waals surface area contributed by atoms with E-state index in [9.17, 15) is 26.0 Å². The van der Waals surface area contributed by atoms with Crippen LogP contribution in [0, 0.1) is 11.7 Å². The van der Waals surface area contributed by atoms with Crippen molar-refractivity contribution in [3.63, 3.8) is 0 Å². The fraction of sp³-hybridized carbons (Fsp3) is 0.476. The van der Waals surface area contributed by atoms with Crippen molar-refractivity contribution in [2.45, 2.75) is 50.0 Å². The molecule has 35 heavy (non-hydrogen) atoms. The second-order valence-electron chi connectivity index (χ2n) is 9.24. The van der Waals surface area contributed by atoms with Gasteiger partial charge in [0.15, 0.2) is 0 Å². The number of anilines is 2. The fourth-order valence-corrected chi connectivity index (χ4v) is 4.65. The summed E-state index contributed by atoms with van der Waals surface area (Å²) in [7, 11) is -7.80. The van der Waals surface area contributed by atoms with Gasteiger partial charge in [-0.1, -0.05) is 0 Å². The van der Waals surface area contributed by atoms with E-state index in [1.807, 2.05) is 0 Å². The van der Waals surface area contributed by atoms with Crippen LogP contribution in [0.25, 0.3) is 0 Å². The lowest BCUT2D eigenvalue weighted by Crippen LogP contribution is -2.36. The van der Waals surface area contributed by atoms with Gasteiger partial charge in [-0.05, 0) is 69.2 Å². The predicted molar refractivity (Wildman–Crippen MR) is 125 cm³/mol. The van der Waals surface area contributed by atoms with E-state index in [-0.39, 0.29) is 30.1 Å². The van der Waals surface area contributed by atoms with E-state index in [0.29, 0.717) is 0 Å². The summed E-state index contributed by atoms with van der Waals surface area (Å²) in [5.41, 5.74) is -0.0989. The first-order valence-electron chi connectivity index (χ1n) is 10.6. The van der Waals surface area contributed by atoms with E-state index >= 15 is 0 Å². The molecule has 11 nitrogen and oxygen atoms in total. The lowest BCUT2D eigenvalue weighted by Gasteiger charge is -2.34. The van der Waals surface area contributed by atoms with Crippen LogP contribution in [0.2, 0.25) is 0 Å². The van der Waals surface area contributed by atoms with Crippen LogP contribution in [0.4, 0.5) is 20.8 Å². The highest BCUT2D eigenvalue weighted by atomic mass is 32.2. The third kappa shape index (κ3) is 7.83. The second kappa shape index (κ2) is 10.0. The number of hydrogen-bond acceptors (Lipinski definition) is 10. The highest BCUT2D eigenvalue weighted by Crippen LogP contribution is 2.41. The van der Waals surface area contributed by atoms with Gasteiger partial charge in [0.1, 0.15) is 11.4 Å². The number of amides is 1. The van der Waals surface area contributed by atoms with E-state index in [1.165, 1.54) is 6.07 Å². The molecule has 192 valence electrons. The van der Waals surface area contributed by atoms with Gasteiger partial charge in [-0.15, -0.1) is 0 Å². The molecule has 1 amide bonds. The number of halogens is 1. The van der Waals surface area contributed by atoms with Crippen molar-refractivity contribution in [1.82, 2.24) is 14.7 Å². The topological polar surface area (TPSA) is 154 Å². The summed E-state index contributed by atoms with van der Waals surface area (Å²) in [5.74, 6) is -0.471. The van der Waals surface area contributed by atoms with Crippen molar-refractivity contribution >= 4 is 37.9 Å². The molecule has 3 rings (SSSR count). The van der Waals surface area contributed by atoms with Crippen LogP contribution in [0.5, 0.6) is 0 Å². The molecule has 2 N–H and O–H groups in total. The number of benzene rings is 1. The molecule has 1 aliphatic carbocycles. The Morgan fingerprint density at radius 2 is 1.77 bits per heavy atom. The molecule has 0 radical (unpaired) electrons. The van der Waals surface area contributed by atoms with Gasteiger partial charge in [-0.25, -0.2) is 32.3 Å². The number of hydrogen-bond donors (Lipinski definition) is 2. The number of rotatable bonds is 8. The Kier molecular flexibility index (Phi) is 7.67. The summed E-state index contributed by atoms with van der Waals surface area (Å²) >= 11 is 0. The van der Waals surface area contributed by atoms with Crippen LogP contribution >= 0.6 is 0 Å². The van der Waals surface area contributed by atoms with Gasteiger partial charge >= 0.3 is 6.09 Å². The van der Waals surface area contributed by atoms with E-state index in [1.54, 1.807) is 37.9 Å². The molecule has 1 aromatic heterocycles. The predicted octanol–water partition coefficient (Wildman–Crippen LogP) is 3.04. The Morgan fingerprint density at radius 1 is 1.14 bits per heavy atom. The molecule has 0 saturated heterocycles. The van der Waals surface area contributed by atoms with Gasteiger partial charge in [-0.2, -0.15) is 8.42 Å². The van der Waals surface area contributed by atoms with Crippen LogP contribution in [0.15, 0.2) is 35.5 Å². The minimum atomic E-state index is -4.34. The maximum absolute atomic E-state index is 14.6. The summed E-state index contributed by atoms with van der Waals surface area (Å²) in [6.07, 6.45) is 4.51. The molecule has 1 aliphatic rings. The Balaban J connectivity index is 1.59. The third-order valence-corrected chi connectivity index (χ3v) is 6.88. The zero-order valence-electron chi connectivity index (χ0n) is 19.6. The molecule has 0 atom stereocenters. The Morgan fingerprint density at radius 3 is 2.31 bits per heavy atom. The highest BCUT2D eigenvalue weighted by Gasteiger charge is 2.31. The van der Waals surface area contributed by atoms with Gasteiger partial charge in [-0.3, -0.25) is 4.18 Å². The molecule has 1 saturated carbocycles. The van der Waals surface area contributed by atoms with E-state index in [2.05, 4.69) is 15.3 Å². The van der Waals surface area contributed by atoms with Crippen molar-refractivity contribution in [1.29, 1.82) is 0 Å². The Hall–Kier alpha value is -2.84. The van der Waals surface area contributed by atoms with Gasteiger partial charge in [0.2, 0.25) is 5.95 Å². The van der Waals surface area contributed by atoms with Gasteiger partial charge in [0.05, 0.1) is 23.4 Å². The minimum absolute atomic E-state index is 0.0596.